The monoisotopic (exact) mass is 387 g/mol. The second kappa shape index (κ2) is 7.26. The number of fused-ring (bicyclic) bond motifs is 1. The first kappa shape index (κ1) is 17.3. The first-order valence-electron chi connectivity index (χ1n) is 8.19. The lowest BCUT2D eigenvalue weighted by Gasteiger charge is -2.34. The topological polar surface area (TPSA) is 57.8 Å². The van der Waals surface area contributed by atoms with Gasteiger partial charge in [0.05, 0.1) is 11.1 Å². The quantitative estimate of drug-likeness (QED) is 0.574. The summed E-state index contributed by atoms with van der Waals surface area (Å²) < 4.78 is 9.86. The first-order chi connectivity index (χ1) is 12.7. The van der Waals surface area contributed by atoms with Gasteiger partial charge in [-0.15, -0.1) is 18.3 Å². The van der Waals surface area contributed by atoms with Gasteiger partial charge in [-0.2, -0.15) is 5.10 Å². The van der Waals surface area contributed by atoms with Crippen molar-refractivity contribution >= 4 is 23.4 Å². The number of hydrogen-bond acceptors (Lipinski definition) is 5. The number of nitrogens with zero attached hydrogens (tertiary/aromatic N) is 5. The molecule has 0 radical (unpaired) electrons. The second-order valence-corrected chi connectivity index (χ2v) is 8.08. The SMILES string of the molecule is C=CCC1(Cn2ccnc2)Sc2cc(Cl)ccc2C1OCn1cncn1. The summed E-state index contributed by atoms with van der Waals surface area (Å²) in [6, 6.07) is 5.97. The Hall–Kier alpha value is -2.09. The molecule has 6 nitrogen and oxygen atoms in total. The third-order valence-electron chi connectivity index (χ3n) is 4.39. The number of hydrogen-bond donors (Lipinski definition) is 0. The van der Waals surface area contributed by atoms with Crippen LogP contribution in [0.4, 0.5) is 0 Å². The smallest absolute Gasteiger partial charge is 0.142 e. The van der Waals surface area contributed by atoms with Gasteiger partial charge in [0.2, 0.25) is 0 Å². The van der Waals surface area contributed by atoms with Crippen LogP contribution in [0.25, 0.3) is 0 Å². The Labute approximate surface area is 160 Å². The highest BCUT2D eigenvalue weighted by atomic mass is 35.5. The molecule has 1 aromatic carbocycles. The third-order valence-corrected chi connectivity index (χ3v) is 6.11. The van der Waals surface area contributed by atoms with E-state index >= 15 is 0 Å². The van der Waals surface area contributed by atoms with Crippen LogP contribution in [-0.2, 0) is 18.0 Å². The Morgan fingerprint density at radius 2 is 2.27 bits per heavy atom. The number of imidazole rings is 1. The summed E-state index contributed by atoms with van der Waals surface area (Å²) in [5, 5.41) is 4.86. The van der Waals surface area contributed by atoms with Gasteiger partial charge < -0.3 is 9.30 Å². The Morgan fingerprint density at radius 3 is 3.00 bits per heavy atom. The predicted octanol–water partition coefficient (Wildman–Crippen LogP) is 3.96. The fraction of sp³-hybridized carbons (Fsp3) is 0.278. The van der Waals surface area contributed by atoms with Crippen LogP contribution in [0.5, 0.6) is 0 Å². The normalized spacial score (nSPS) is 21.7. The molecular formula is C18H18ClN5OS. The largest absolute Gasteiger partial charge is 0.350 e. The summed E-state index contributed by atoms with van der Waals surface area (Å²) >= 11 is 8.02. The first-order valence-corrected chi connectivity index (χ1v) is 9.39. The highest BCUT2D eigenvalue weighted by molar-refractivity contribution is 8.01. The van der Waals surface area contributed by atoms with E-state index in [1.807, 2.05) is 30.7 Å². The molecule has 134 valence electrons. The molecule has 0 amide bonds. The molecule has 3 heterocycles. The summed E-state index contributed by atoms with van der Waals surface area (Å²) in [7, 11) is 0. The number of ether oxygens (including phenoxy) is 1. The van der Waals surface area contributed by atoms with E-state index < -0.39 is 0 Å². The molecule has 2 atom stereocenters. The number of aromatic nitrogens is 5. The van der Waals surface area contributed by atoms with Crippen molar-refractivity contribution in [3.05, 3.63) is 72.8 Å². The van der Waals surface area contributed by atoms with Gasteiger partial charge in [0.15, 0.2) is 0 Å². The minimum absolute atomic E-state index is 0.135. The summed E-state index contributed by atoms with van der Waals surface area (Å²) in [5.74, 6) is 0. The second-order valence-electron chi connectivity index (χ2n) is 6.19. The van der Waals surface area contributed by atoms with Crippen molar-refractivity contribution in [3.63, 3.8) is 0 Å². The molecule has 2 unspecified atom stereocenters. The van der Waals surface area contributed by atoms with Crippen LogP contribution in [0, 0.1) is 0 Å². The average molecular weight is 388 g/mol. The van der Waals surface area contributed by atoms with E-state index in [9.17, 15) is 0 Å². The van der Waals surface area contributed by atoms with E-state index in [4.69, 9.17) is 16.3 Å². The third kappa shape index (κ3) is 3.30. The summed E-state index contributed by atoms with van der Waals surface area (Å²) in [6.07, 6.45) is 11.3. The van der Waals surface area contributed by atoms with Crippen molar-refractivity contribution in [2.24, 2.45) is 0 Å². The van der Waals surface area contributed by atoms with E-state index in [0.717, 1.165) is 28.4 Å². The van der Waals surface area contributed by atoms with Crippen LogP contribution in [0.1, 0.15) is 18.1 Å². The molecule has 1 aliphatic rings. The number of halogens is 1. The maximum absolute atomic E-state index is 6.35. The molecule has 8 heteroatoms. The molecule has 0 bridgehead atoms. The maximum Gasteiger partial charge on any atom is 0.142 e. The predicted molar refractivity (Wildman–Crippen MR) is 101 cm³/mol. The van der Waals surface area contributed by atoms with Crippen molar-refractivity contribution in [1.82, 2.24) is 24.3 Å². The number of benzene rings is 1. The van der Waals surface area contributed by atoms with E-state index in [-0.39, 0.29) is 10.9 Å². The maximum atomic E-state index is 6.35. The van der Waals surface area contributed by atoms with Crippen molar-refractivity contribution in [1.29, 1.82) is 0 Å². The minimum atomic E-state index is -0.240. The molecule has 3 aromatic rings. The summed E-state index contributed by atoms with van der Waals surface area (Å²) in [4.78, 5) is 9.29. The lowest BCUT2D eigenvalue weighted by atomic mass is 9.92. The van der Waals surface area contributed by atoms with Gasteiger partial charge in [-0.1, -0.05) is 23.7 Å². The van der Waals surface area contributed by atoms with Gasteiger partial charge in [-0.05, 0) is 24.1 Å². The van der Waals surface area contributed by atoms with Crippen LogP contribution in [0.2, 0.25) is 5.02 Å². The molecule has 1 aliphatic heterocycles. The van der Waals surface area contributed by atoms with E-state index in [0.29, 0.717) is 6.73 Å². The Kier molecular flexibility index (Phi) is 4.84. The lowest BCUT2D eigenvalue weighted by molar-refractivity contribution is -0.0245. The Morgan fingerprint density at radius 1 is 1.35 bits per heavy atom. The van der Waals surface area contributed by atoms with Gasteiger partial charge in [0, 0.05) is 28.9 Å². The lowest BCUT2D eigenvalue weighted by Crippen LogP contribution is -2.35. The highest BCUT2D eigenvalue weighted by Gasteiger charge is 2.47. The van der Waals surface area contributed by atoms with E-state index in [1.54, 1.807) is 29.0 Å². The van der Waals surface area contributed by atoms with Gasteiger partial charge in [0.1, 0.15) is 25.5 Å². The molecule has 0 saturated heterocycles. The zero-order valence-corrected chi connectivity index (χ0v) is 15.6. The van der Waals surface area contributed by atoms with E-state index in [1.165, 1.54) is 6.33 Å². The molecule has 0 N–H and O–H groups in total. The van der Waals surface area contributed by atoms with Gasteiger partial charge >= 0.3 is 0 Å². The zero-order valence-electron chi connectivity index (χ0n) is 14.0. The Bertz CT molecular complexity index is 883. The van der Waals surface area contributed by atoms with Gasteiger partial charge in [0.25, 0.3) is 0 Å². The van der Waals surface area contributed by atoms with Crippen molar-refractivity contribution < 1.29 is 4.74 Å². The van der Waals surface area contributed by atoms with Crippen LogP contribution < -0.4 is 0 Å². The van der Waals surface area contributed by atoms with Crippen molar-refractivity contribution in [2.45, 2.75) is 35.4 Å². The summed E-state index contributed by atoms with van der Waals surface area (Å²) in [5.41, 5.74) is 1.14. The average Bonchev–Trinajstić information content (AvgIpc) is 3.34. The molecule has 2 aromatic heterocycles. The van der Waals surface area contributed by atoms with Crippen molar-refractivity contribution in [2.75, 3.05) is 0 Å². The molecule has 4 rings (SSSR count). The molecule has 26 heavy (non-hydrogen) atoms. The minimum Gasteiger partial charge on any atom is -0.350 e. The fourth-order valence-corrected chi connectivity index (χ4v) is 5.19. The Balaban J connectivity index is 1.70. The van der Waals surface area contributed by atoms with Gasteiger partial charge in [-0.3, -0.25) is 0 Å². The van der Waals surface area contributed by atoms with Gasteiger partial charge in [-0.25, -0.2) is 14.6 Å². The van der Waals surface area contributed by atoms with E-state index in [2.05, 4.69) is 32.3 Å². The van der Waals surface area contributed by atoms with Crippen LogP contribution >= 0.6 is 23.4 Å². The standard InChI is InChI=1S/C18H18ClN5OS/c1-2-5-18(9-23-7-6-20-11-23)17(25-13-24-12-21-10-22-24)15-4-3-14(19)8-16(15)26-18/h2-4,6-8,10-12,17H,1,5,9,13H2. The fourth-order valence-electron chi connectivity index (χ4n) is 3.32. The number of allylic oxidation sites excluding steroid dienone is 1. The number of thioether (sulfide) groups is 1. The molecule has 0 spiro atoms. The van der Waals surface area contributed by atoms with Crippen LogP contribution in [-0.4, -0.2) is 29.1 Å². The summed E-state index contributed by atoms with van der Waals surface area (Å²) in [6.45, 7) is 5.05. The molecule has 0 saturated carbocycles. The van der Waals surface area contributed by atoms with Crippen molar-refractivity contribution in [3.8, 4) is 0 Å². The highest BCUT2D eigenvalue weighted by Crippen LogP contribution is 2.57. The molecule has 0 aliphatic carbocycles. The molecule has 0 fully saturated rings. The molecular weight excluding hydrogens is 370 g/mol. The van der Waals surface area contributed by atoms with Crippen LogP contribution in [0.3, 0.4) is 0 Å². The number of rotatable bonds is 7. The zero-order chi connectivity index (χ0) is 18.0. The van der Waals surface area contributed by atoms with Crippen LogP contribution in [0.15, 0.2) is 67.1 Å².